The number of ether oxygens (including phenoxy) is 3. The molecule has 0 radical (unpaired) electrons. The summed E-state index contributed by atoms with van der Waals surface area (Å²) in [6.45, 7) is 4.16. The van der Waals surface area contributed by atoms with Gasteiger partial charge in [0.15, 0.2) is 22.5 Å². The van der Waals surface area contributed by atoms with Gasteiger partial charge in [-0.3, -0.25) is 19.5 Å². The molecule has 11 nitrogen and oxygen atoms in total. The van der Waals surface area contributed by atoms with Gasteiger partial charge < -0.3 is 19.5 Å². The summed E-state index contributed by atoms with van der Waals surface area (Å²) in [6.07, 6.45) is 1.68. The van der Waals surface area contributed by atoms with Gasteiger partial charge >= 0.3 is 0 Å². The van der Waals surface area contributed by atoms with Gasteiger partial charge in [0.25, 0.3) is 5.69 Å². The fraction of sp³-hybridized carbons (Fsp3) is 0.227. The zero-order valence-corrected chi connectivity index (χ0v) is 20.7. The molecule has 1 heterocycles. The number of hydrogen-bond donors (Lipinski definition) is 1. The monoisotopic (exact) mass is 519 g/mol. The van der Waals surface area contributed by atoms with Crippen LogP contribution in [0.1, 0.15) is 0 Å². The first-order chi connectivity index (χ1) is 16.8. The SMILES string of the molecule is C=CCn1c(SCC(=O)Nc2cc([N+](=O)[O-])ccc2Cl)nnc1-c1cc(OC)c(OC)c(OC)c1. The predicted octanol–water partition coefficient (Wildman–Crippen LogP) is 4.45. The number of benzene rings is 2. The third-order valence-corrected chi connectivity index (χ3v) is 6.02. The number of carbonyl (C=O) groups is 1. The van der Waals surface area contributed by atoms with E-state index in [1.807, 2.05) is 0 Å². The molecule has 0 aliphatic carbocycles. The van der Waals surface area contributed by atoms with Crippen molar-refractivity contribution < 1.29 is 23.9 Å². The normalized spacial score (nSPS) is 10.5. The number of nitrogens with one attached hydrogen (secondary N) is 1. The highest BCUT2D eigenvalue weighted by atomic mass is 35.5. The molecule has 0 spiro atoms. The number of nitrogens with zero attached hydrogens (tertiary/aromatic N) is 4. The molecule has 0 aliphatic rings. The van der Waals surface area contributed by atoms with E-state index >= 15 is 0 Å². The zero-order valence-electron chi connectivity index (χ0n) is 19.1. The maximum atomic E-state index is 12.5. The largest absolute Gasteiger partial charge is 0.493 e. The number of allylic oxidation sites excluding steroid dienone is 1. The summed E-state index contributed by atoms with van der Waals surface area (Å²) in [5.41, 5.74) is 0.628. The van der Waals surface area contributed by atoms with Gasteiger partial charge in [-0.2, -0.15) is 0 Å². The lowest BCUT2D eigenvalue weighted by Gasteiger charge is -2.14. The molecule has 1 N–H and O–H groups in total. The Bertz CT molecular complexity index is 1240. The van der Waals surface area contributed by atoms with E-state index in [-0.39, 0.29) is 22.2 Å². The summed E-state index contributed by atoms with van der Waals surface area (Å²) < 4.78 is 18.0. The number of rotatable bonds is 11. The minimum atomic E-state index is -0.566. The number of nitro benzene ring substituents is 1. The summed E-state index contributed by atoms with van der Waals surface area (Å²) >= 11 is 7.20. The van der Waals surface area contributed by atoms with Crippen LogP contribution in [0.3, 0.4) is 0 Å². The molecule has 2 aromatic carbocycles. The standard InChI is InChI=1S/C22H22ClN5O6S/c1-5-8-27-21(13-9-17(32-2)20(34-4)18(10-13)33-3)25-26-22(27)35-12-19(29)24-16-11-14(28(30)31)6-7-15(16)23/h5-7,9-11H,1,8,12H2,2-4H3,(H,24,29). The molecule has 1 amide bonds. The fourth-order valence-corrected chi connectivity index (χ4v) is 4.06. The Morgan fingerprint density at radius 1 is 1.20 bits per heavy atom. The topological polar surface area (TPSA) is 131 Å². The van der Waals surface area contributed by atoms with Crippen LogP contribution in [0, 0.1) is 10.1 Å². The van der Waals surface area contributed by atoms with E-state index in [1.165, 1.54) is 39.5 Å². The van der Waals surface area contributed by atoms with E-state index in [2.05, 4.69) is 22.1 Å². The van der Waals surface area contributed by atoms with Crippen molar-refractivity contribution in [3.05, 3.63) is 58.1 Å². The Kier molecular flexibility index (Phi) is 8.55. The summed E-state index contributed by atoms with van der Waals surface area (Å²) in [5.74, 6) is 1.41. The van der Waals surface area contributed by atoms with E-state index in [0.29, 0.717) is 40.3 Å². The molecule has 0 saturated heterocycles. The van der Waals surface area contributed by atoms with Crippen molar-refractivity contribution in [2.24, 2.45) is 0 Å². The van der Waals surface area contributed by atoms with Crippen molar-refractivity contribution in [2.45, 2.75) is 11.7 Å². The molecule has 1 aromatic heterocycles. The smallest absolute Gasteiger partial charge is 0.271 e. The van der Waals surface area contributed by atoms with E-state index < -0.39 is 10.8 Å². The number of thioether (sulfide) groups is 1. The molecule has 3 rings (SSSR count). The molecule has 35 heavy (non-hydrogen) atoms. The number of nitro groups is 1. The van der Waals surface area contributed by atoms with E-state index in [1.54, 1.807) is 22.8 Å². The third kappa shape index (κ3) is 5.84. The number of methoxy groups -OCH3 is 3. The Hall–Kier alpha value is -3.77. The van der Waals surface area contributed by atoms with Crippen molar-refractivity contribution >= 4 is 40.6 Å². The second kappa shape index (κ2) is 11.6. The van der Waals surface area contributed by atoms with E-state index in [0.717, 1.165) is 11.8 Å². The summed E-state index contributed by atoms with van der Waals surface area (Å²) in [7, 11) is 4.55. The number of hydrogen-bond acceptors (Lipinski definition) is 9. The van der Waals surface area contributed by atoms with Crippen molar-refractivity contribution in [2.75, 3.05) is 32.4 Å². The van der Waals surface area contributed by atoms with Crippen LogP contribution in [-0.2, 0) is 11.3 Å². The predicted molar refractivity (Wildman–Crippen MR) is 133 cm³/mol. The maximum absolute atomic E-state index is 12.5. The van der Waals surface area contributed by atoms with Crippen LogP contribution in [0.15, 0.2) is 48.1 Å². The quantitative estimate of drug-likeness (QED) is 0.169. The van der Waals surface area contributed by atoms with Crippen LogP contribution in [0.25, 0.3) is 11.4 Å². The Morgan fingerprint density at radius 2 is 1.89 bits per heavy atom. The first kappa shape index (κ1) is 25.8. The average Bonchev–Trinajstić information content (AvgIpc) is 3.25. The molecule has 184 valence electrons. The molecule has 0 saturated carbocycles. The highest BCUT2D eigenvalue weighted by Gasteiger charge is 2.20. The Morgan fingerprint density at radius 3 is 2.46 bits per heavy atom. The summed E-state index contributed by atoms with van der Waals surface area (Å²) in [4.78, 5) is 22.9. The molecule has 0 unspecified atom stereocenters. The van der Waals surface area contributed by atoms with Gasteiger partial charge in [0.1, 0.15) is 0 Å². The van der Waals surface area contributed by atoms with Crippen molar-refractivity contribution in [3.8, 4) is 28.6 Å². The lowest BCUT2D eigenvalue weighted by atomic mass is 10.1. The fourth-order valence-electron chi connectivity index (χ4n) is 3.15. The molecule has 0 fully saturated rings. The number of anilines is 1. The second-order valence-corrected chi connectivity index (χ2v) is 8.23. The van der Waals surface area contributed by atoms with Gasteiger partial charge in [-0.05, 0) is 18.2 Å². The third-order valence-electron chi connectivity index (χ3n) is 4.72. The van der Waals surface area contributed by atoms with Gasteiger partial charge in [0, 0.05) is 24.2 Å². The highest BCUT2D eigenvalue weighted by molar-refractivity contribution is 7.99. The van der Waals surface area contributed by atoms with Crippen LogP contribution >= 0.6 is 23.4 Å². The van der Waals surface area contributed by atoms with Gasteiger partial charge in [-0.1, -0.05) is 29.4 Å². The number of non-ortho nitro benzene ring substituents is 1. The average molecular weight is 520 g/mol. The van der Waals surface area contributed by atoms with E-state index in [9.17, 15) is 14.9 Å². The second-order valence-electron chi connectivity index (χ2n) is 6.88. The lowest BCUT2D eigenvalue weighted by Crippen LogP contribution is -2.15. The first-order valence-corrected chi connectivity index (χ1v) is 11.4. The van der Waals surface area contributed by atoms with Gasteiger partial charge in [0.2, 0.25) is 11.7 Å². The van der Waals surface area contributed by atoms with Crippen LogP contribution in [0.4, 0.5) is 11.4 Å². The molecule has 3 aromatic rings. The summed E-state index contributed by atoms with van der Waals surface area (Å²) in [5, 5.41) is 22.7. The molecular formula is C22H22ClN5O6S. The van der Waals surface area contributed by atoms with Gasteiger partial charge in [-0.25, -0.2) is 0 Å². The maximum Gasteiger partial charge on any atom is 0.271 e. The number of carbonyl (C=O) groups excluding carboxylic acids is 1. The highest BCUT2D eigenvalue weighted by Crippen LogP contribution is 2.41. The van der Waals surface area contributed by atoms with Gasteiger partial charge in [0.05, 0.1) is 42.7 Å². The van der Waals surface area contributed by atoms with Crippen molar-refractivity contribution in [1.82, 2.24) is 14.8 Å². The number of halogens is 1. The number of aromatic nitrogens is 3. The Balaban J connectivity index is 1.84. The summed E-state index contributed by atoms with van der Waals surface area (Å²) in [6, 6.07) is 7.31. The molecule has 0 aliphatic heterocycles. The molecular weight excluding hydrogens is 498 g/mol. The Labute approximate surface area is 210 Å². The lowest BCUT2D eigenvalue weighted by molar-refractivity contribution is -0.384. The minimum Gasteiger partial charge on any atom is -0.493 e. The minimum absolute atomic E-state index is 0.0381. The van der Waals surface area contributed by atoms with Gasteiger partial charge in [-0.15, -0.1) is 16.8 Å². The molecule has 0 atom stereocenters. The van der Waals surface area contributed by atoms with Crippen molar-refractivity contribution in [1.29, 1.82) is 0 Å². The van der Waals surface area contributed by atoms with Crippen LogP contribution < -0.4 is 19.5 Å². The molecule has 13 heteroatoms. The van der Waals surface area contributed by atoms with E-state index in [4.69, 9.17) is 25.8 Å². The molecule has 0 bridgehead atoms. The van der Waals surface area contributed by atoms with Crippen LogP contribution in [0.2, 0.25) is 5.02 Å². The first-order valence-electron chi connectivity index (χ1n) is 10.0. The van der Waals surface area contributed by atoms with Crippen LogP contribution in [0.5, 0.6) is 17.2 Å². The van der Waals surface area contributed by atoms with Crippen LogP contribution in [-0.4, -0.2) is 52.7 Å². The number of amides is 1. The zero-order chi connectivity index (χ0) is 25.5. The van der Waals surface area contributed by atoms with Crippen molar-refractivity contribution in [3.63, 3.8) is 0 Å².